The van der Waals surface area contributed by atoms with E-state index in [4.69, 9.17) is 11.0 Å². The van der Waals surface area contributed by atoms with Crippen LogP contribution in [0.1, 0.15) is 22.4 Å². The number of halogens is 4. The molecule has 0 fully saturated rings. The number of pyridine rings is 1. The van der Waals surface area contributed by atoms with Gasteiger partial charge in [0.1, 0.15) is 23.4 Å². The van der Waals surface area contributed by atoms with Gasteiger partial charge in [-0.1, -0.05) is 12.1 Å². The molecule has 0 saturated heterocycles. The molecule has 0 bridgehead atoms. The monoisotopic (exact) mass is 468 g/mol. The molecule has 7 nitrogen and oxygen atoms in total. The molecule has 0 aliphatic heterocycles. The summed E-state index contributed by atoms with van der Waals surface area (Å²) in [6, 6.07) is 7.88. The number of ketones is 1. The predicted molar refractivity (Wildman–Crippen MR) is 114 cm³/mol. The highest BCUT2D eigenvalue weighted by Gasteiger charge is 2.30. The van der Waals surface area contributed by atoms with Crippen molar-refractivity contribution in [3.63, 3.8) is 0 Å². The van der Waals surface area contributed by atoms with Crippen LogP contribution in [-0.4, -0.2) is 25.4 Å². The molecule has 4 aromatic rings. The fraction of sp³-hybridized carbons (Fsp3) is 0.174. The Balaban J connectivity index is 1.60. The van der Waals surface area contributed by atoms with E-state index in [0.29, 0.717) is 22.2 Å². The summed E-state index contributed by atoms with van der Waals surface area (Å²) in [4.78, 5) is 20.2. The molecule has 0 saturated carbocycles. The number of alkyl halides is 3. The van der Waals surface area contributed by atoms with E-state index in [1.54, 1.807) is 12.3 Å². The van der Waals surface area contributed by atoms with Gasteiger partial charge in [-0.2, -0.15) is 23.5 Å². The third-order valence-electron chi connectivity index (χ3n) is 5.20. The Hall–Kier alpha value is -4.33. The minimum atomic E-state index is -4.55. The maximum absolute atomic E-state index is 14.9. The third-order valence-corrected chi connectivity index (χ3v) is 5.20. The first-order valence-electron chi connectivity index (χ1n) is 9.97. The molecule has 2 N–H and O–H groups in total. The summed E-state index contributed by atoms with van der Waals surface area (Å²) in [7, 11) is 0. The molecule has 34 heavy (non-hydrogen) atoms. The molecular weight excluding hydrogens is 452 g/mol. The second-order valence-electron chi connectivity index (χ2n) is 7.53. The zero-order chi connectivity index (χ0) is 24.5. The van der Waals surface area contributed by atoms with Gasteiger partial charge in [-0.05, 0) is 34.9 Å². The van der Waals surface area contributed by atoms with Crippen LogP contribution < -0.4 is 5.73 Å². The third kappa shape index (κ3) is 4.56. The van der Waals surface area contributed by atoms with Crippen molar-refractivity contribution in [3.8, 4) is 17.2 Å². The second-order valence-corrected chi connectivity index (χ2v) is 7.53. The van der Waals surface area contributed by atoms with Crippen LogP contribution in [0.3, 0.4) is 0 Å². The first kappa shape index (κ1) is 22.8. The predicted octanol–water partition coefficient (Wildman–Crippen LogP) is 3.95. The number of nitrogens with zero attached hydrogens (tertiary/aromatic N) is 5. The molecule has 3 heterocycles. The van der Waals surface area contributed by atoms with Crippen LogP contribution in [0.25, 0.3) is 16.6 Å². The SMILES string of the molecule is N#CCc1cn2ncnc(N)c2c1-c1ccc(CC(=O)Cc2cc(C(F)(F)F)ccn2)c(F)c1. The van der Waals surface area contributed by atoms with Gasteiger partial charge in [0.05, 0.1) is 18.1 Å². The molecule has 0 spiro atoms. The number of hydrogen-bond acceptors (Lipinski definition) is 6. The number of hydrogen-bond donors (Lipinski definition) is 1. The summed E-state index contributed by atoms with van der Waals surface area (Å²) in [5, 5.41) is 13.2. The summed E-state index contributed by atoms with van der Waals surface area (Å²) >= 11 is 0. The van der Waals surface area contributed by atoms with Crippen molar-refractivity contribution >= 4 is 17.1 Å². The van der Waals surface area contributed by atoms with Crippen molar-refractivity contribution < 1.29 is 22.4 Å². The van der Waals surface area contributed by atoms with Crippen molar-refractivity contribution in [2.75, 3.05) is 5.73 Å². The summed E-state index contributed by atoms with van der Waals surface area (Å²) < 4.78 is 55.0. The van der Waals surface area contributed by atoms with Gasteiger partial charge in [0.2, 0.25) is 0 Å². The number of benzene rings is 1. The fourth-order valence-electron chi connectivity index (χ4n) is 3.70. The molecule has 11 heteroatoms. The van der Waals surface area contributed by atoms with Crippen LogP contribution in [-0.2, 0) is 30.2 Å². The Bertz CT molecular complexity index is 1440. The van der Waals surface area contributed by atoms with Gasteiger partial charge in [-0.15, -0.1) is 0 Å². The Morgan fingerprint density at radius 2 is 1.91 bits per heavy atom. The standard InChI is InChI=1S/C23H16F4N6O/c24-19-8-14(20-15(3-5-28)11-33-21(20)22(29)31-12-32-33)2-1-13(19)7-18(34)10-17-9-16(4-6-30-17)23(25,26)27/h1-2,4,6,8-9,11-12H,3,7,10H2,(H2,29,31,32). The Morgan fingerprint density at radius 3 is 2.62 bits per heavy atom. The summed E-state index contributed by atoms with van der Waals surface area (Å²) in [6.07, 6.45) is -1.35. The molecule has 0 aliphatic carbocycles. The van der Waals surface area contributed by atoms with Crippen LogP contribution >= 0.6 is 0 Å². The van der Waals surface area contributed by atoms with Crippen molar-refractivity contribution in [3.05, 3.63) is 77.3 Å². The number of carbonyl (C=O) groups excluding carboxylic acids is 1. The Kier molecular flexibility index (Phi) is 5.98. The van der Waals surface area contributed by atoms with E-state index < -0.39 is 23.3 Å². The topological polar surface area (TPSA) is 110 Å². The molecular formula is C23H16F4N6O. The lowest BCUT2D eigenvalue weighted by Crippen LogP contribution is -2.11. The number of anilines is 1. The highest BCUT2D eigenvalue weighted by molar-refractivity contribution is 5.90. The highest BCUT2D eigenvalue weighted by Crippen LogP contribution is 2.34. The van der Waals surface area contributed by atoms with Crippen LogP contribution in [0.2, 0.25) is 0 Å². The van der Waals surface area contributed by atoms with E-state index in [0.717, 1.165) is 18.3 Å². The Labute approximate surface area is 190 Å². The molecule has 0 unspecified atom stereocenters. The average molecular weight is 468 g/mol. The highest BCUT2D eigenvalue weighted by atomic mass is 19.4. The lowest BCUT2D eigenvalue weighted by molar-refractivity contribution is -0.137. The zero-order valence-electron chi connectivity index (χ0n) is 17.5. The lowest BCUT2D eigenvalue weighted by atomic mass is 9.97. The van der Waals surface area contributed by atoms with Gasteiger partial charge in [0.15, 0.2) is 5.82 Å². The zero-order valence-corrected chi connectivity index (χ0v) is 17.5. The van der Waals surface area contributed by atoms with E-state index in [2.05, 4.69) is 15.1 Å². The van der Waals surface area contributed by atoms with E-state index in [1.807, 2.05) is 6.07 Å². The first-order valence-corrected chi connectivity index (χ1v) is 9.97. The van der Waals surface area contributed by atoms with Crippen LogP contribution in [0.4, 0.5) is 23.4 Å². The summed E-state index contributed by atoms with van der Waals surface area (Å²) in [5.41, 5.74) is 7.03. The summed E-state index contributed by atoms with van der Waals surface area (Å²) in [6.45, 7) is 0. The maximum atomic E-state index is 14.9. The van der Waals surface area contributed by atoms with Crippen molar-refractivity contribution in [1.29, 1.82) is 5.26 Å². The lowest BCUT2D eigenvalue weighted by Gasteiger charge is -2.09. The number of Topliss-reactive ketones (excluding diaryl/α,β-unsaturated/α-hetero) is 1. The normalized spacial score (nSPS) is 11.5. The van der Waals surface area contributed by atoms with Crippen LogP contribution in [0, 0.1) is 17.1 Å². The van der Waals surface area contributed by atoms with E-state index in [9.17, 15) is 22.4 Å². The molecule has 172 valence electrons. The van der Waals surface area contributed by atoms with E-state index >= 15 is 0 Å². The molecule has 0 radical (unpaired) electrons. The van der Waals surface area contributed by atoms with Gasteiger partial charge in [-0.3, -0.25) is 9.78 Å². The smallest absolute Gasteiger partial charge is 0.382 e. The average Bonchev–Trinajstić information content (AvgIpc) is 3.14. The molecule has 4 rings (SSSR count). The molecule has 3 aromatic heterocycles. The number of carbonyl (C=O) groups is 1. The number of aromatic nitrogens is 4. The fourth-order valence-corrected chi connectivity index (χ4v) is 3.70. The number of nitrogen functional groups attached to an aromatic ring is 1. The molecule has 0 aliphatic rings. The molecule has 0 atom stereocenters. The van der Waals surface area contributed by atoms with Crippen molar-refractivity contribution in [1.82, 2.24) is 19.6 Å². The number of nitriles is 1. The van der Waals surface area contributed by atoms with Gasteiger partial charge >= 0.3 is 6.18 Å². The molecule has 1 aromatic carbocycles. The Morgan fingerprint density at radius 1 is 1.12 bits per heavy atom. The second kappa shape index (κ2) is 8.90. The van der Waals surface area contributed by atoms with Gasteiger partial charge in [-0.25, -0.2) is 13.9 Å². The summed E-state index contributed by atoms with van der Waals surface area (Å²) in [5.74, 6) is -1.02. The van der Waals surface area contributed by atoms with Crippen molar-refractivity contribution in [2.45, 2.75) is 25.4 Å². The quantitative estimate of drug-likeness (QED) is 0.429. The van der Waals surface area contributed by atoms with Gasteiger partial charge < -0.3 is 5.73 Å². The van der Waals surface area contributed by atoms with Gasteiger partial charge in [0, 0.05) is 36.5 Å². The first-order chi connectivity index (χ1) is 16.2. The minimum absolute atomic E-state index is 0.0317. The maximum Gasteiger partial charge on any atom is 0.416 e. The van der Waals surface area contributed by atoms with Crippen LogP contribution in [0.15, 0.2) is 49.1 Å². The number of nitrogens with two attached hydrogens (primary N) is 1. The van der Waals surface area contributed by atoms with Gasteiger partial charge in [0.25, 0.3) is 0 Å². The number of rotatable bonds is 6. The minimum Gasteiger partial charge on any atom is -0.382 e. The van der Waals surface area contributed by atoms with E-state index in [1.165, 1.54) is 23.0 Å². The number of fused-ring (bicyclic) bond motifs is 1. The largest absolute Gasteiger partial charge is 0.416 e. The van der Waals surface area contributed by atoms with Crippen molar-refractivity contribution in [2.24, 2.45) is 0 Å². The van der Waals surface area contributed by atoms with E-state index in [-0.39, 0.29) is 36.3 Å². The van der Waals surface area contributed by atoms with Crippen LogP contribution in [0.5, 0.6) is 0 Å². The molecule has 0 amide bonds.